The summed E-state index contributed by atoms with van der Waals surface area (Å²) in [4.78, 5) is 4.61. The predicted molar refractivity (Wildman–Crippen MR) is 44.8 cm³/mol. The minimum absolute atomic E-state index is 0.226. The second-order valence-electron chi connectivity index (χ2n) is 2.73. The zero-order valence-electron chi connectivity index (χ0n) is 7.17. The third-order valence-electron chi connectivity index (χ3n) is 1.95. The standard InChI is InChI=1S/C9H12FNO/c1-6-8(7(2)12-11)4-3-5-9(6)10/h3-5,7H,11H2,1-2H3. The van der Waals surface area contributed by atoms with E-state index in [0.717, 1.165) is 5.56 Å². The van der Waals surface area contributed by atoms with Crippen LogP contribution in [0.25, 0.3) is 0 Å². The number of rotatable bonds is 2. The monoisotopic (exact) mass is 169 g/mol. The van der Waals surface area contributed by atoms with Crippen molar-refractivity contribution in [3.63, 3.8) is 0 Å². The largest absolute Gasteiger partial charge is 0.297 e. The van der Waals surface area contributed by atoms with Crippen LogP contribution in [0, 0.1) is 12.7 Å². The molecule has 1 aromatic rings. The third kappa shape index (κ3) is 1.62. The molecule has 1 rings (SSSR count). The van der Waals surface area contributed by atoms with Gasteiger partial charge in [-0.15, -0.1) is 0 Å². The van der Waals surface area contributed by atoms with Crippen LogP contribution in [-0.4, -0.2) is 0 Å². The molecule has 0 aromatic heterocycles. The van der Waals surface area contributed by atoms with Crippen LogP contribution in [-0.2, 0) is 4.84 Å². The Kier molecular flexibility index (Phi) is 2.78. The topological polar surface area (TPSA) is 35.2 Å². The van der Waals surface area contributed by atoms with Gasteiger partial charge in [0.05, 0.1) is 0 Å². The lowest BCUT2D eigenvalue weighted by molar-refractivity contribution is 0.0657. The molecule has 66 valence electrons. The molecule has 12 heavy (non-hydrogen) atoms. The molecule has 0 spiro atoms. The fourth-order valence-electron chi connectivity index (χ4n) is 1.14. The van der Waals surface area contributed by atoms with Crippen molar-refractivity contribution in [1.29, 1.82) is 0 Å². The van der Waals surface area contributed by atoms with E-state index in [9.17, 15) is 4.39 Å². The number of nitrogens with two attached hydrogens (primary N) is 1. The molecule has 2 nitrogen and oxygen atoms in total. The van der Waals surface area contributed by atoms with Gasteiger partial charge in [0, 0.05) is 0 Å². The summed E-state index contributed by atoms with van der Waals surface area (Å²) >= 11 is 0. The van der Waals surface area contributed by atoms with E-state index in [2.05, 4.69) is 4.84 Å². The van der Waals surface area contributed by atoms with Gasteiger partial charge in [0.2, 0.25) is 0 Å². The molecular weight excluding hydrogens is 157 g/mol. The lowest BCUT2D eigenvalue weighted by Gasteiger charge is -2.11. The zero-order chi connectivity index (χ0) is 9.14. The molecule has 0 saturated carbocycles. The molecule has 2 N–H and O–H groups in total. The van der Waals surface area contributed by atoms with Gasteiger partial charge in [0.15, 0.2) is 0 Å². The summed E-state index contributed by atoms with van der Waals surface area (Å²) in [5, 5.41) is 0. The highest BCUT2D eigenvalue weighted by molar-refractivity contribution is 5.28. The van der Waals surface area contributed by atoms with Gasteiger partial charge >= 0.3 is 0 Å². The van der Waals surface area contributed by atoms with E-state index in [0.29, 0.717) is 5.56 Å². The molecule has 0 amide bonds. The summed E-state index contributed by atoms with van der Waals surface area (Å²) in [5.74, 6) is 4.78. The van der Waals surface area contributed by atoms with Gasteiger partial charge in [0.25, 0.3) is 0 Å². The Hall–Kier alpha value is -0.930. The molecule has 1 aromatic carbocycles. The minimum atomic E-state index is -0.263. The molecule has 1 atom stereocenters. The van der Waals surface area contributed by atoms with Gasteiger partial charge in [-0.2, -0.15) is 0 Å². The first-order chi connectivity index (χ1) is 5.66. The minimum Gasteiger partial charge on any atom is -0.297 e. The average Bonchev–Trinajstić information content (AvgIpc) is 2.08. The van der Waals surface area contributed by atoms with Gasteiger partial charge < -0.3 is 0 Å². The smallest absolute Gasteiger partial charge is 0.126 e. The van der Waals surface area contributed by atoms with E-state index in [1.165, 1.54) is 6.07 Å². The Morgan fingerprint density at radius 3 is 2.75 bits per heavy atom. The summed E-state index contributed by atoms with van der Waals surface area (Å²) in [6.07, 6.45) is -0.263. The Balaban J connectivity index is 3.07. The normalized spacial score (nSPS) is 13.0. The highest BCUT2D eigenvalue weighted by atomic mass is 19.1. The quantitative estimate of drug-likeness (QED) is 0.688. The molecule has 0 heterocycles. The Bertz CT molecular complexity index is 275. The Morgan fingerprint density at radius 2 is 2.17 bits per heavy atom. The van der Waals surface area contributed by atoms with Crippen molar-refractivity contribution >= 4 is 0 Å². The van der Waals surface area contributed by atoms with E-state index in [1.807, 2.05) is 0 Å². The van der Waals surface area contributed by atoms with E-state index >= 15 is 0 Å². The highest BCUT2D eigenvalue weighted by Crippen LogP contribution is 2.20. The molecule has 0 aliphatic heterocycles. The molecule has 0 saturated heterocycles. The van der Waals surface area contributed by atoms with Gasteiger partial charge in [-0.1, -0.05) is 12.1 Å². The highest BCUT2D eigenvalue weighted by Gasteiger charge is 2.09. The van der Waals surface area contributed by atoms with E-state index in [4.69, 9.17) is 5.90 Å². The van der Waals surface area contributed by atoms with Gasteiger partial charge in [-0.25, -0.2) is 10.3 Å². The lowest BCUT2D eigenvalue weighted by atomic mass is 10.0. The number of benzene rings is 1. The molecule has 0 radical (unpaired) electrons. The number of halogens is 1. The zero-order valence-corrected chi connectivity index (χ0v) is 7.17. The molecule has 0 fully saturated rings. The molecule has 0 bridgehead atoms. The van der Waals surface area contributed by atoms with Gasteiger partial charge in [0.1, 0.15) is 11.9 Å². The molecule has 0 aliphatic rings. The van der Waals surface area contributed by atoms with Crippen molar-refractivity contribution in [3.8, 4) is 0 Å². The van der Waals surface area contributed by atoms with Crippen molar-refractivity contribution in [2.45, 2.75) is 20.0 Å². The first-order valence-electron chi connectivity index (χ1n) is 3.77. The van der Waals surface area contributed by atoms with Crippen LogP contribution in [0.5, 0.6) is 0 Å². The maximum atomic E-state index is 13.0. The first-order valence-corrected chi connectivity index (χ1v) is 3.77. The average molecular weight is 169 g/mol. The summed E-state index contributed by atoms with van der Waals surface area (Å²) < 4.78 is 13.0. The van der Waals surface area contributed by atoms with Crippen LogP contribution in [0.4, 0.5) is 4.39 Å². The van der Waals surface area contributed by atoms with Crippen molar-refractivity contribution in [2.24, 2.45) is 5.90 Å². The molecule has 1 unspecified atom stereocenters. The van der Waals surface area contributed by atoms with E-state index in [1.54, 1.807) is 26.0 Å². The van der Waals surface area contributed by atoms with Crippen LogP contribution < -0.4 is 5.90 Å². The van der Waals surface area contributed by atoms with Gasteiger partial charge in [-0.05, 0) is 31.0 Å². The molecule has 0 aliphatic carbocycles. The van der Waals surface area contributed by atoms with Crippen molar-refractivity contribution in [1.82, 2.24) is 0 Å². The molecular formula is C9H12FNO. The van der Waals surface area contributed by atoms with E-state index < -0.39 is 0 Å². The predicted octanol–water partition coefficient (Wildman–Crippen LogP) is 2.09. The third-order valence-corrected chi connectivity index (χ3v) is 1.95. The number of hydrogen-bond acceptors (Lipinski definition) is 2. The maximum absolute atomic E-state index is 13.0. The summed E-state index contributed by atoms with van der Waals surface area (Å²) in [7, 11) is 0. The summed E-state index contributed by atoms with van der Waals surface area (Å²) in [6.45, 7) is 3.49. The van der Waals surface area contributed by atoms with E-state index in [-0.39, 0.29) is 11.9 Å². The van der Waals surface area contributed by atoms with Crippen LogP contribution in [0.2, 0.25) is 0 Å². The van der Waals surface area contributed by atoms with Crippen LogP contribution in [0.15, 0.2) is 18.2 Å². The SMILES string of the molecule is Cc1c(F)cccc1C(C)ON. The van der Waals surface area contributed by atoms with Crippen molar-refractivity contribution in [3.05, 3.63) is 35.1 Å². The van der Waals surface area contributed by atoms with Gasteiger partial charge in [-0.3, -0.25) is 4.84 Å². The van der Waals surface area contributed by atoms with Crippen LogP contribution in [0.3, 0.4) is 0 Å². The lowest BCUT2D eigenvalue weighted by Crippen LogP contribution is -2.07. The summed E-state index contributed by atoms with van der Waals surface area (Å²) in [5.41, 5.74) is 1.38. The van der Waals surface area contributed by atoms with Crippen LogP contribution >= 0.6 is 0 Å². The fourth-order valence-corrected chi connectivity index (χ4v) is 1.14. The number of hydrogen-bond donors (Lipinski definition) is 1. The first kappa shape index (κ1) is 9.16. The second-order valence-corrected chi connectivity index (χ2v) is 2.73. The fraction of sp³-hybridized carbons (Fsp3) is 0.333. The molecule has 3 heteroatoms. The Labute approximate surface area is 71.1 Å². The Morgan fingerprint density at radius 1 is 1.50 bits per heavy atom. The summed E-state index contributed by atoms with van der Waals surface area (Å²) in [6, 6.07) is 4.87. The second kappa shape index (κ2) is 3.65. The van der Waals surface area contributed by atoms with Crippen LogP contribution in [0.1, 0.15) is 24.2 Å². The van der Waals surface area contributed by atoms with Crippen molar-refractivity contribution < 1.29 is 9.23 Å². The van der Waals surface area contributed by atoms with Crippen molar-refractivity contribution in [2.75, 3.05) is 0 Å². The maximum Gasteiger partial charge on any atom is 0.126 e.